The minimum Gasteiger partial charge on any atom is -0.0654 e. The van der Waals surface area contributed by atoms with Crippen LogP contribution in [0.5, 0.6) is 0 Å². The van der Waals surface area contributed by atoms with Gasteiger partial charge in [0.05, 0.1) is 0 Å². The molecule has 0 fully saturated rings. The summed E-state index contributed by atoms with van der Waals surface area (Å²) in [4.78, 5) is 0. The van der Waals surface area contributed by atoms with Crippen molar-refractivity contribution in [1.82, 2.24) is 0 Å². The Morgan fingerprint density at radius 1 is 0.609 bits per heavy atom. The van der Waals surface area contributed by atoms with Gasteiger partial charge in [-0.2, -0.15) is 0 Å². The summed E-state index contributed by atoms with van der Waals surface area (Å²) >= 11 is 0. The molecule has 0 heteroatoms. The van der Waals surface area contributed by atoms with Crippen molar-refractivity contribution in [1.29, 1.82) is 0 Å². The minimum atomic E-state index is 0.575. The van der Waals surface area contributed by atoms with E-state index in [1.54, 1.807) is 0 Å². The Balaban J connectivity index is 4.31. The third kappa shape index (κ3) is 12.1. The monoisotopic (exact) mass is 324 g/mol. The van der Waals surface area contributed by atoms with Gasteiger partial charge in [0.25, 0.3) is 0 Å². The molecule has 0 bridgehead atoms. The molecule has 0 aliphatic heterocycles. The molecule has 0 saturated heterocycles. The molecule has 0 aromatic carbocycles. The van der Waals surface area contributed by atoms with Crippen molar-refractivity contribution in [2.45, 2.75) is 126 Å². The van der Waals surface area contributed by atoms with E-state index in [0.29, 0.717) is 5.41 Å². The molecular weight excluding hydrogens is 276 g/mol. The molecule has 0 heterocycles. The highest BCUT2D eigenvalue weighted by Gasteiger charge is 2.30. The molecule has 0 radical (unpaired) electrons. The molecular formula is C23H48. The molecule has 0 nitrogen and oxygen atoms in total. The first-order chi connectivity index (χ1) is 10.8. The second-order valence-electron chi connectivity index (χ2n) is 9.33. The van der Waals surface area contributed by atoms with E-state index in [1.807, 2.05) is 0 Å². The molecule has 140 valence electrons. The van der Waals surface area contributed by atoms with Crippen LogP contribution in [0.15, 0.2) is 0 Å². The largest absolute Gasteiger partial charge is 0.0654 e. The van der Waals surface area contributed by atoms with Gasteiger partial charge in [-0.25, -0.2) is 0 Å². The summed E-state index contributed by atoms with van der Waals surface area (Å²) in [7, 11) is 0. The lowest BCUT2D eigenvalue weighted by molar-refractivity contribution is 0.138. The molecule has 0 aromatic heterocycles. The summed E-state index contributed by atoms with van der Waals surface area (Å²) in [5.74, 6) is 2.60. The fourth-order valence-corrected chi connectivity index (χ4v) is 3.73. The molecule has 0 amide bonds. The molecule has 0 rings (SSSR count). The van der Waals surface area contributed by atoms with Gasteiger partial charge in [0.15, 0.2) is 0 Å². The Morgan fingerprint density at radius 2 is 1.17 bits per heavy atom. The van der Waals surface area contributed by atoms with Gasteiger partial charge in [0, 0.05) is 0 Å². The standard InChI is InChI=1S/C23H48/c1-8-9-10-11-12-13-18-23(7,19-17-21(4)5)22(6)16-14-15-20(2)3/h20-22H,8-19H2,1-7H3. The highest BCUT2D eigenvalue weighted by Crippen LogP contribution is 2.41. The zero-order valence-electron chi connectivity index (χ0n) is 17.7. The van der Waals surface area contributed by atoms with Crippen LogP contribution >= 0.6 is 0 Å². The third-order valence-corrected chi connectivity index (χ3v) is 6.00. The quantitative estimate of drug-likeness (QED) is 0.264. The topological polar surface area (TPSA) is 0 Å². The van der Waals surface area contributed by atoms with Gasteiger partial charge < -0.3 is 0 Å². The predicted octanol–water partition coefficient (Wildman–Crippen LogP) is 8.64. The second kappa shape index (κ2) is 13.3. The summed E-state index contributed by atoms with van der Waals surface area (Å²) in [6, 6.07) is 0. The maximum Gasteiger partial charge on any atom is -0.0300 e. The fraction of sp³-hybridized carbons (Fsp3) is 1.00. The van der Waals surface area contributed by atoms with Gasteiger partial charge in [-0.15, -0.1) is 0 Å². The van der Waals surface area contributed by atoms with Crippen LogP contribution in [0.25, 0.3) is 0 Å². The van der Waals surface area contributed by atoms with Crippen LogP contribution in [0.4, 0.5) is 0 Å². The molecule has 0 aliphatic carbocycles. The van der Waals surface area contributed by atoms with Crippen molar-refractivity contribution in [3.63, 3.8) is 0 Å². The number of rotatable bonds is 15. The Morgan fingerprint density at radius 3 is 1.74 bits per heavy atom. The van der Waals surface area contributed by atoms with E-state index in [9.17, 15) is 0 Å². The highest BCUT2D eigenvalue weighted by atomic mass is 14.3. The summed E-state index contributed by atoms with van der Waals surface area (Å²) < 4.78 is 0. The van der Waals surface area contributed by atoms with Crippen LogP contribution in [0.2, 0.25) is 0 Å². The van der Waals surface area contributed by atoms with Crippen molar-refractivity contribution in [3.8, 4) is 0 Å². The normalized spacial score (nSPS) is 16.0. The van der Waals surface area contributed by atoms with Crippen LogP contribution in [0.1, 0.15) is 126 Å². The molecule has 2 unspecified atom stereocenters. The summed E-state index contributed by atoms with van der Waals surface area (Å²) in [6.07, 6.45) is 17.1. The first-order valence-electron chi connectivity index (χ1n) is 10.8. The Kier molecular flexibility index (Phi) is 13.3. The van der Waals surface area contributed by atoms with Gasteiger partial charge >= 0.3 is 0 Å². The van der Waals surface area contributed by atoms with Gasteiger partial charge in [-0.3, -0.25) is 0 Å². The lowest BCUT2D eigenvalue weighted by Gasteiger charge is -2.37. The van der Waals surface area contributed by atoms with E-state index in [0.717, 1.165) is 17.8 Å². The van der Waals surface area contributed by atoms with Crippen LogP contribution < -0.4 is 0 Å². The van der Waals surface area contributed by atoms with E-state index in [4.69, 9.17) is 0 Å². The van der Waals surface area contributed by atoms with Gasteiger partial charge in [-0.05, 0) is 36.0 Å². The zero-order chi connectivity index (χ0) is 17.7. The van der Waals surface area contributed by atoms with E-state index >= 15 is 0 Å². The molecule has 0 aromatic rings. The summed E-state index contributed by atoms with van der Waals surface area (Å²) in [5.41, 5.74) is 0.575. The van der Waals surface area contributed by atoms with Crippen molar-refractivity contribution in [3.05, 3.63) is 0 Å². The third-order valence-electron chi connectivity index (χ3n) is 6.00. The Labute approximate surface area is 149 Å². The van der Waals surface area contributed by atoms with Crippen LogP contribution in [-0.2, 0) is 0 Å². The molecule has 0 N–H and O–H groups in total. The number of hydrogen-bond donors (Lipinski definition) is 0. The molecule has 23 heavy (non-hydrogen) atoms. The Hall–Kier alpha value is 0. The van der Waals surface area contributed by atoms with E-state index < -0.39 is 0 Å². The molecule has 0 aliphatic rings. The lowest BCUT2D eigenvalue weighted by Crippen LogP contribution is -2.26. The predicted molar refractivity (Wildman–Crippen MR) is 108 cm³/mol. The van der Waals surface area contributed by atoms with Crippen LogP contribution in [-0.4, -0.2) is 0 Å². The van der Waals surface area contributed by atoms with Crippen LogP contribution in [0.3, 0.4) is 0 Å². The van der Waals surface area contributed by atoms with Gasteiger partial charge in [-0.1, -0.05) is 113 Å². The van der Waals surface area contributed by atoms with Crippen molar-refractivity contribution < 1.29 is 0 Å². The molecule has 0 saturated carbocycles. The van der Waals surface area contributed by atoms with Crippen LogP contribution in [0, 0.1) is 23.2 Å². The average Bonchev–Trinajstić information content (AvgIpc) is 2.48. The summed E-state index contributed by atoms with van der Waals surface area (Å²) in [5, 5.41) is 0. The molecule has 0 spiro atoms. The fourth-order valence-electron chi connectivity index (χ4n) is 3.73. The number of unbranched alkanes of at least 4 members (excludes halogenated alkanes) is 5. The summed E-state index contributed by atoms with van der Waals surface area (Å²) in [6.45, 7) is 16.9. The SMILES string of the molecule is CCCCCCCCC(C)(CCC(C)C)C(C)CCCC(C)C. The number of hydrogen-bond acceptors (Lipinski definition) is 0. The van der Waals surface area contributed by atoms with Crippen molar-refractivity contribution in [2.75, 3.05) is 0 Å². The smallest absolute Gasteiger partial charge is 0.0300 e. The minimum absolute atomic E-state index is 0.575. The van der Waals surface area contributed by atoms with E-state index in [-0.39, 0.29) is 0 Å². The first kappa shape index (κ1) is 23.0. The van der Waals surface area contributed by atoms with E-state index in [2.05, 4.69) is 48.5 Å². The molecule has 2 atom stereocenters. The van der Waals surface area contributed by atoms with Gasteiger partial charge in [0.2, 0.25) is 0 Å². The van der Waals surface area contributed by atoms with Crippen molar-refractivity contribution in [2.24, 2.45) is 23.2 Å². The second-order valence-corrected chi connectivity index (χ2v) is 9.33. The van der Waals surface area contributed by atoms with E-state index in [1.165, 1.54) is 77.0 Å². The average molecular weight is 325 g/mol. The zero-order valence-corrected chi connectivity index (χ0v) is 17.7. The highest BCUT2D eigenvalue weighted by molar-refractivity contribution is 4.81. The maximum absolute atomic E-state index is 2.60. The van der Waals surface area contributed by atoms with Gasteiger partial charge in [0.1, 0.15) is 0 Å². The first-order valence-corrected chi connectivity index (χ1v) is 10.8. The van der Waals surface area contributed by atoms with Crippen molar-refractivity contribution >= 4 is 0 Å². The Bertz CT molecular complexity index is 253. The maximum atomic E-state index is 2.60. The lowest BCUT2D eigenvalue weighted by atomic mass is 9.68.